The number of likely N-dealkylation sites (tertiary alicyclic amines) is 1. The van der Waals surface area contributed by atoms with Crippen LogP contribution in [0.25, 0.3) is 0 Å². The Bertz CT molecular complexity index is 713. The number of pyridine rings is 1. The number of carbonyl (C=O) groups excluding carboxylic acids is 2. The van der Waals surface area contributed by atoms with Gasteiger partial charge in [-0.3, -0.25) is 9.78 Å². The van der Waals surface area contributed by atoms with Crippen molar-refractivity contribution >= 4 is 11.9 Å². The molecule has 1 atom stereocenters. The third-order valence-corrected chi connectivity index (χ3v) is 4.18. The molecule has 3 rings (SSSR count). The minimum atomic E-state index is -0.504. The number of amides is 1. The van der Waals surface area contributed by atoms with Gasteiger partial charge in [-0.25, -0.2) is 4.79 Å². The van der Waals surface area contributed by atoms with E-state index in [1.165, 1.54) is 5.56 Å². The van der Waals surface area contributed by atoms with Gasteiger partial charge in [-0.2, -0.15) is 0 Å². The minimum absolute atomic E-state index is 0.00102. The summed E-state index contributed by atoms with van der Waals surface area (Å²) in [5.41, 5.74) is 3.01. The lowest BCUT2D eigenvalue weighted by Crippen LogP contribution is -2.39. The van der Waals surface area contributed by atoms with Crippen molar-refractivity contribution in [3.05, 3.63) is 65.5 Å². The highest BCUT2D eigenvalue weighted by Gasteiger charge is 2.37. The Morgan fingerprint density at radius 2 is 2.04 bits per heavy atom. The number of ether oxygens (including phenoxy) is 1. The van der Waals surface area contributed by atoms with Crippen molar-refractivity contribution in [2.24, 2.45) is 0 Å². The standard InChI is InChI=1S/C19H20N2O3/c1-14-4-6-15(7-5-14)12-21-17(8-9-18(21)22)19(23)24-13-16-3-2-10-20-11-16/h2-7,10-11,17H,8-9,12-13H2,1H3. The zero-order valence-electron chi connectivity index (χ0n) is 13.6. The molecule has 0 spiro atoms. The third-order valence-electron chi connectivity index (χ3n) is 4.18. The average molecular weight is 324 g/mol. The molecule has 1 fully saturated rings. The highest BCUT2D eigenvalue weighted by Crippen LogP contribution is 2.23. The average Bonchev–Trinajstić information content (AvgIpc) is 2.96. The lowest BCUT2D eigenvalue weighted by atomic mass is 10.1. The lowest BCUT2D eigenvalue weighted by Gasteiger charge is -2.23. The van der Waals surface area contributed by atoms with E-state index in [1.54, 1.807) is 23.4 Å². The number of hydrogen-bond acceptors (Lipinski definition) is 4. The van der Waals surface area contributed by atoms with E-state index in [9.17, 15) is 9.59 Å². The number of carbonyl (C=O) groups is 2. The smallest absolute Gasteiger partial charge is 0.329 e. The zero-order valence-corrected chi connectivity index (χ0v) is 13.6. The van der Waals surface area contributed by atoms with E-state index >= 15 is 0 Å². The first kappa shape index (κ1) is 16.2. The zero-order chi connectivity index (χ0) is 16.9. The van der Waals surface area contributed by atoms with E-state index in [2.05, 4.69) is 4.98 Å². The van der Waals surface area contributed by atoms with E-state index in [1.807, 2.05) is 37.3 Å². The second-order valence-corrected chi connectivity index (χ2v) is 6.03. The molecule has 0 N–H and O–H groups in total. The number of hydrogen-bond donors (Lipinski definition) is 0. The number of nitrogens with zero attached hydrogens (tertiary/aromatic N) is 2. The highest BCUT2D eigenvalue weighted by molar-refractivity contribution is 5.88. The molecule has 0 saturated carbocycles. The van der Waals surface area contributed by atoms with Crippen LogP contribution in [0.15, 0.2) is 48.8 Å². The number of aromatic nitrogens is 1. The van der Waals surface area contributed by atoms with Gasteiger partial charge in [0.25, 0.3) is 0 Å². The van der Waals surface area contributed by atoms with Crippen LogP contribution in [0.4, 0.5) is 0 Å². The van der Waals surface area contributed by atoms with Crippen molar-refractivity contribution in [3.8, 4) is 0 Å². The Morgan fingerprint density at radius 1 is 1.25 bits per heavy atom. The predicted molar refractivity (Wildman–Crippen MR) is 88.8 cm³/mol. The van der Waals surface area contributed by atoms with Crippen LogP contribution in [0.5, 0.6) is 0 Å². The Balaban J connectivity index is 1.63. The van der Waals surface area contributed by atoms with Gasteiger partial charge in [0.2, 0.25) is 5.91 Å². The molecule has 0 radical (unpaired) electrons. The van der Waals surface area contributed by atoms with E-state index < -0.39 is 6.04 Å². The van der Waals surface area contributed by atoms with Crippen LogP contribution >= 0.6 is 0 Å². The predicted octanol–water partition coefficient (Wildman–Crippen LogP) is 2.62. The van der Waals surface area contributed by atoms with Gasteiger partial charge in [-0.15, -0.1) is 0 Å². The summed E-state index contributed by atoms with van der Waals surface area (Å²) in [6.45, 7) is 2.63. The quantitative estimate of drug-likeness (QED) is 0.793. The van der Waals surface area contributed by atoms with Crippen molar-refractivity contribution in [3.63, 3.8) is 0 Å². The Morgan fingerprint density at radius 3 is 2.75 bits per heavy atom. The molecule has 1 saturated heterocycles. The van der Waals surface area contributed by atoms with Gasteiger partial charge in [0, 0.05) is 30.9 Å². The topological polar surface area (TPSA) is 59.5 Å². The molecule has 1 amide bonds. The van der Waals surface area contributed by atoms with E-state index in [-0.39, 0.29) is 18.5 Å². The van der Waals surface area contributed by atoms with Crippen LogP contribution in [0, 0.1) is 6.92 Å². The van der Waals surface area contributed by atoms with Crippen LogP contribution < -0.4 is 0 Å². The number of esters is 1. The second-order valence-electron chi connectivity index (χ2n) is 6.03. The summed E-state index contributed by atoms with van der Waals surface area (Å²) in [5, 5.41) is 0. The summed E-state index contributed by atoms with van der Waals surface area (Å²) in [7, 11) is 0. The van der Waals surface area contributed by atoms with E-state index in [0.717, 1.165) is 11.1 Å². The maximum Gasteiger partial charge on any atom is 0.329 e. The van der Waals surface area contributed by atoms with Crippen LogP contribution in [0.2, 0.25) is 0 Å². The van der Waals surface area contributed by atoms with Gasteiger partial charge >= 0.3 is 5.97 Å². The van der Waals surface area contributed by atoms with E-state index in [0.29, 0.717) is 19.4 Å². The lowest BCUT2D eigenvalue weighted by molar-refractivity contribution is -0.153. The fraction of sp³-hybridized carbons (Fsp3) is 0.316. The molecule has 1 unspecified atom stereocenters. The molecule has 2 aromatic rings. The molecule has 24 heavy (non-hydrogen) atoms. The maximum absolute atomic E-state index is 12.4. The van der Waals surface area contributed by atoms with Gasteiger partial charge in [0.05, 0.1) is 0 Å². The first-order valence-electron chi connectivity index (χ1n) is 8.04. The van der Waals surface area contributed by atoms with Crippen molar-refractivity contribution in [1.29, 1.82) is 0 Å². The number of rotatable bonds is 5. The number of aryl methyl sites for hydroxylation is 1. The fourth-order valence-corrected chi connectivity index (χ4v) is 2.80. The molecule has 1 aromatic heterocycles. The SMILES string of the molecule is Cc1ccc(CN2C(=O)CCC2C(=O)OCc2cccnc2)cc1. The van der Waals surface area contributed by atoms with Crippen LogP contribution in [-0.4, -0.2) is 27.8 Å². The van der Waals surface area contributed by atoms with Crippen molar-refractivity contribution in [2.75, 3.05) is 0 Å². The van der Waals surface area contributed by atoms with Gasteiger partial charge in [0.15, 0.2) is 0 Å². The summed E-state index contributed by atoms with van der Waals surface area (Å²) in [6, 6.07) is 11.1. The molecule has 1 aliphatic rings. The first-order chi connectivity index (χ1) is 11.6. The molecule has 5 heteroatoms. The van der Waals surface area contributed by atoms with E-state index in [4.69, 9.17) is 4.74 Å². The molecule has 5 nitrogen and oxygen atoms in total. The van der Waals surface area contributed by atoms with Crippen molar-refractivity contribution in [1.82, 2.24) is 9.88 Å². The summed E-state index contributed by atoms with van der Waals surface area (Å²) in [5.74, 6) is -0.351. The molecular formula is C19H20N2O3. The van der Waals surface area contributed by atoms with Crippen LogP contribution in [0.3, 0.4) is 0 Å². The summed E-state index contributed by atoms with van der Waals surface area (Å²) < 4.78 is 5.37. The summed E-state index contributed by atoms with van der Waals surface area (Å²) in [6.07, 6.45) is 4.23. The largest absolute Gasteiger partial charge is 0.459 e. The Labute approximate surface area is 141 Å². The summed E-state index contributed by atoms with van der Waals surface area (Å²) >= 11 is 0. The summed E-state index contributed by atoms with van der Waals surface area (Å²) in [4.78, 5) is 30.1. The van der Waals surface area contributed by atoms with Crippen molar-refractivity contribution in [2.45, 2.75) is 39.0 Å². The van der Waals surface area contributed by atoms with Gasteiger partial charge in [-0.05, 0) is 25.0 Å². The number of benzene rings is 1. The van der Waals surface area contributed by atoms with Crippen molar-refractivity contribution < 1.29 is 14.3 Å². The van der Waals surface area contributed by atoms with Gasteiger partial charge in [-0.1, -0.05) is 35.9 Å². The molecule has 2 heterocycles. The molecule has 124 valence electrons. The van der Waals surface area contributed by atoms with Crippen LogP contribution in [0.1, 0.15) is 29.5 Å². The highest BCUT2D eigenvalue weighted by atomic mass is 16.5. The monoisotopic (exact) mass is 324 g/mol. The molecular weight excluding hydrogens is 304 g/mol. The minimum Gasteiger partial charge on any atom is -0.459 e. The van der Waals surface area contributed by atoms with Gasteiger partial charge in [0.1, 0.15) is 12.6 Å². The molecule has 1 aromatic carbocycles. The second kappa shape index (κ2) is 7.25. The van der Waals surface area contributed by atoms with Crippen LogP contribution in [-0.2, 0) is 27.5 Å². The maximum atomic E-state index is 12.4. The normalized spacial score (nSPS) is 17.1. The molecule has 0 bridgehead atoms. The Hall–Kier alpha value is -2.69. The third kappa shape index (κ3) is 3.79. The molecule has 0 aliphatic carbocycles. The molecule has 1 aliphatic heterocycles. The Kier molecular flexibility index (Phi) is 4.89. The van der Waals surface area contributed by atoms with Gasteiger partial charge < -0.3 is 9.64 Å². The first-order valence-corrected chi connectivity index (χ1v) is 8.04. The fourth-order valence-electron chi connectivity index (χ4n) is 2.80.